The Labute approximate surface area is 123 Å². The van der Waals surface area contributed by atoms with Gasteiger partial charge >= 0.3 is 0 Å². The number of aromatic nitrogens is 2. The van der Waals surface area contributed by atoms with Crippen molar-refractivity contribution in [2.75, 3.05) is 30.3 Å². The number of rotatable bonds is 7. The van der Waals surface area contributed by atoms with Gasteiger partial charge in [-0.2, -0.15) is 4.98 Å². The maximum absolute atomic E-state index is 5.54. The van der Waals surface area contributed by atoms with Gasteiger partial charge in [0.2, 0.25) is 5.95 Å². The van der Waals surface area contributed by atoms with Crippen molar-refractivity contribution >= 4 is 33.3 Å². The topological polar surface area (TPSA) is 59.1 Å². The first kappa shape index (κ1) is 15.0. The average molecular weight is 294 g/mol. The van der Waals surface area contributed by atoms with Crippen LogP contribution >= 0.6 is 11.3 Å². The number of fused-ring (bicyclic) bond motifs is 1. The summed E-state index contributed by atoms with van der Waals surface area (Å²) in [5, 5.41) is 7.63. The lowest BCUT2D eigenvalue weighted by atomic mass is 10.3. The predicted octanol–water partition coefficient (Wildman–Crippen LogP) is 3.27. The summed E-state index contributed by atoms with van der Waals surface area (Å²) in [6.45, 7) is 10.5. The van der Waals surface area contributed by atoms with Crippen LogP contribution in [0.3, 0.4) is 0 Å². The number of nitrogens with one attached hydrogen (secondary N) is 2. The quantitative estimate of drug-likeness (QED) is 0.820. The fourth-order valence-electron chi connectivity index (χ4n) is 2.00. The highest BCUT2D eigenvalue weighted by Gasteiger charge is 2.11. The van der Waals surface area contributed by atoms with E-state index >= 15 is 0 Å². The number of ether oxygens (including phenoxy) is 1. The largest absolute Gasteiger partial charge is 0.377 e. The molecule has 0 fully saturated rings. The summed E-state index contributed by atoms with van der Waals surface area (Å²) in [5.41, 5.74) is 0. The summed E-state index contributed by atoms with van der Waals surface area (Å²) < 4.78 is 5.54. The van der Waals surface area contributed by atoms with Crippen LogP contribution in [-0.4, -0.2) is 35.8 Å². The van der Waals surface area contributed by atoms with Gasteiger partial charge in [-0.15, -0.1) is 11.3 Å². The normalized spacial score (nSPS) is 12.6. The van der Waals surface area contributed by atoms with E-state index in [4.69, 9.17) is 4.74 Å². The van der Waals surface area contributed by atoms with E-state index in [1.807, 2.05) is 13.8 Å². The van der Waals surface area contributed by atoms with Crippen LogP contribution in [0.5, 0.6) is 0 Å². The zero-order chi connectivity index (χ0) is 14.5. The second-order valence-electron chi connectivity index (χ2n) is 4.65. The third-order valence-electron chi connectivity index (χ3n) is 2.86. The van der Waals surface area contributed by atoms with Crippen LogP contribution in [0.15, 0.2) is 6.07 Å². The summed E-state index contributed by atoms with van der Waals surface area (Å²) in [7, 11) is 0. The molecule has 1 atom stereocenters. The standard InChI is InChI=1S/C14H22N4OS/c1-5-15-14-17-12(16-8-9(3)19-6-2)11-7-10(4)20-13(11)18-14/h7,9H,5-6,8H2,1-4H3,(H2,15,16,17,18). The molecule has 0 saturated heterocycles. The van der Waals surface area contributed by atoms with Crippen LogP contribution in [-0.2, 0) is 4.74 Å². The Balaban J connectivity index is 2.24. The van der Waals surface area contributed by atoms with E-state index < -0.39 is 0 Å². The molecule has 0 aromatic carbocycles. The SMILES string of the molecule is CCNc1nc(NCC(C)OCC)c2cc(C)sc2n1. The summed E-state index contributed by atoms with van der Waals surface area (Å²) in [6, 6.07) is 2.13. The van der Waals surface area contributed by atoms with Crippen LogP contribution in [0.2, 0.25) is 0 Å². The van der Waals surface area contributed by atoms with Crippen molar-refractivity contribution in [3.63, 3.8) is 0 Å². The average Bonchev–Trinajstić information content (AvgIpc) is 2.77. The summed E-state index contributed by atoms with van der Waals surface area (Å²) >= 11 is 1.69. The first-order valence-corrected chi connectivity index (χ1v) is 7.83. The van der Waals surface area contributed by atoms with Crippen molar-refractivity contribution in [1.29, 1.82) is 0 Å². The lowest BCUT2D eigenvalue weighted by Gasteiger charge is -2.14. The summed E-state index contributed by atoms with van der Waals surface area (Å²) in [4.78, 5) is 11.3. The molecular weight excluding hydrogens is 272 g/mol. The molecule has 0 amide bonds. The van der Waals surface area contributed by atoms with Gasteiger partial charge in [-0.05, 0) is 33.8 Å². The maximum atomic E-state index is 5.54. The number of hydrogen-bond donors (Lipinski definition) is 2. The van der Waals surface area contributed by atoms with Gasteiger partial charge in [-0.25, -0.2) is 4.98 Å². The molecule has 0 aliphatic carbocycles. The highest BCUT2D eigenvalue weighted by Crippen LogP contribution is 2.29. The minimum absolute atomic E-state index is 0.160. The fraction of sp³-hybridized carbons (Fsp3) is 0.571. The zero-order valence-electron chi connectivity index (χ0n) is 12.5. The molecule has 20 heavy (non-hydrogen) atoms. The van der Waals surface area contributed by atoms with E-state index in [0.29, 0.717) is 5.95 Å². The van der Waals surface area contributed by atoms with Crippen LogP contribution < -0.4 is 10.6 Å². The van der Waals surface area contributed by atoms with Gasteiger partial charge in [0.25, 0.3) is 0 Å². The maximum Gasteiger partial charge on any atom is 0.226 e. The van der Waals surface area contributed by atoms with Crippen molar-refractivity contribution in [1.82, 2.24) is 9.97 Å². The van der Waals surface area contributed by atoms with E-state index in [2.05, 4.69) is 40.5 Å². The van der Waals surface area contributed by atoms with Gasteiger partial charge in [0, 0.05) is 24.6 Å². The number of thiophene rings is 1. The van der Waals surface area contributed by atoms with Crippen LogP contribution in [0.1, 0.15) is 25.6 Å². The third-order valence-corrected chi connectivity index (χ3v) is 3.80. The molecule has 6 heteroatoms. The molecule has 1 unspecified atom stereocenters. The second kappa shape index (κ2) is 6.85. The zero-order valence-corrected chi connectivity index (χ0v) is 13.3. The van der Waals surface area contributed by atoms with Gasteiger partial charge in [-0.3, -0.25) is 0 Å². The first-order chi connectivity index (χ1) is 9.63. The molecular formula is C14H22N4OS. The Morgan fingerprint density at radius 1 is 1.30 bits per heavy atom. The van der Waals surface area contributed by atoms with E-state index in [0.717, 1.165) is 35.7 Å². The lowest BCUT2D eigenvalue weighted by Crippen LogP contribution is -2.20. The minimum Gasteiger partial charge on any atom is -0.377 e. The van der Waals surface area contributed by atoms with E-state index in [1.54, 1.807) is 11.3 Å². The highest BCUT2D eigenvalue weighted by atomic mass is 32.1. The van der Waals surface area contributed by atoms with E-state index in [9.17, 15) is 0 Å². The lowest BCUT2D eigenvalue weighted by molar-refractivity contribution is 0.0855. The van der Waals surface area contributed by atoms with E-state index in [-0.39, 0.29) is 6.10 Å². The van der Waals surface area contributed by atoms with Gasteiger partial charge < -0.3 is 15.4 Å². The molecule has 2 aromatic rings. The summed E-state index contributed by atoms with van der Waals surface area (Å²) in [6.07, 6.45) is 0.160. The Kier molecular flexibility index (Phi) is 5.14. The molecule has 5 nitrogen and oxygen atoms in total. The number of hydrogen-bond acceptors (Lipinski definition) is 6. The van der Waals surface area contributed by atoms with Crippen molar-refractivity contribution in [2.45, 2.75) is 33.8 Å². The molecule has 0 bridgehead atoms. The van der Waals surface area contributed by atoms with Gasteiger partial charge in [-0.1, -0.05) is 0 Å². The number of nitrogens with zero attached hydrogens (tertiary/aromatic N) is 2. The second-order valence-corrected chi connectivity index (χ2v) is 5.88. The predicted molar refractivity (Wildman–Crippen MR) is 85.9 cm³/mol. The smallest absolute Gasteiger partial charge is 0.226 e. The Bertz CT molecular complexity index is 570. The van der Waals surface area contributed by atoms with Crippen LogP contribution in [0.4, 0.5) is 11.8 Å². The molecule has 2 N–H and O–H groups in total. The first-order valence-electron chi connectivity index (χ1n) is 7.01. The molecule has 0 spiro atoms. The summed E-state index contributed by atoms with van der Waals surface area (Å²) in [5.74, 6) is 1.55. The third kappa shape index (κ3) is 3.58. The van der Waals surface area contributed by atoms with Crippen molar-refractivity contribution in [2.24, 2.45) is 0 Å². The molecule has 0 aliphatic rings. The molecule has 2 aromatic heterocycles. The Hall–Kier alpha value is -1.40. The number of aryl methyl sites for hydroxylation is 1. The van der Waals surface area contributed by atoms with E-state index in [1.165, 1.54) is 4.88 Å². The monoisotopic (exact) mass is 294 g/mol. The molecule has 0 radical (unpaired) electrons. The molecule has 110 valence electrons. The van der Waals surface area contributed by atoms with Crippen LogP contribution in [0.25, 0.3) is 10.2 Å². The Morgan fingerprint density at radius 3 is 2.80 bits per heavy atom. The molecule has 0 saturated carbocycles. The highest BCUT2D eigenvalue weighted by molar-refractivity contribution is 7.18. The minimum atomic E-state index is 0.160. The molecule has 0 aliphatic heterocycles. The van der Waals surface area contributed by atoms with Crippen LogP contribution in [0, 0.1) is 6.92 Å². The van der Waals surface area contributed by atoms with Gasteiger partial charge in [0.1, 0.15) is 10.6 Å². The number of anilines is 2. The van der Waals surface area contributed by atoms with Crippen molar-refractivity contribution in [3.05, 3.63) is 10.9 Å². The van der Waals surface area contributed by atoms with Gasteiger partial charge in [0.15, 0.2) is 0 Å². The molecule has 2 rings (SSSR count). The van der Waals surface area contributed by atoms with Crippen molar-refractivity contribution < 1.29 is 4.74 Å². The van der Waals surface area contributed by atoms with Gasteiger partial charge in [0.05, 0.1) is 11.5 Å². The fourth-order valence-corrected chi connectivity index (χ4v) is 2.88. The van der Waals surface area contributed by atoms with Crippen molar-refractivity contribution in [3.8, 4) is 0 Å². The Morgan fingerprint density at radius 2 is 2.10 bits per heavy atom. The molecule has 2 heterocycles.